The second kappa shape index (κ2) is 2.23. The van der Waals surface area contributed by atoms with Crippen molar-refractivity contribution >= 4 is 11.6 Å². The average Bonchev–Trinajstić information content (AvgIpc) is 2.67. The Morgan fingerprint density at radius 2 is 1.58 bits per heavy atom. The molecule has 1 aromatic carbocycles. The third-order valence-electron chi connectivity index (χ3n) is 1.51. The van der Waals surface area contributed by atoms with Gasteiger partial charge in [0, 0.05) is 11.6 Å². The van der Waals surface area contributed by atoms with Crippen LogP contribution in [-0.4, -0.2) is 0 Å². The molecule has 0 amide bonds. The molecule has 2 nitrogen and oxygen atoms in total. The Labute approximate surface area is 71.9 Å². The summed E-state index contributed by atoms with van der Waals surface area (Å²) in [5.41, 5.74) is 0.224. The molecule has 0 saturated carbocycles. The second-order valence-corrected chi connectivity index (χ2v) is 2.97. The van der Waals surface area contributed by atoms with Gasteiger partial charge in [0.25, 0.3) is 5.12 Å². The highest BCUT2D eigenvalue weighted by molar-refractivity contribution is 6.24. The first kappa shape index (κ1) is 7.61. The Bertz CT molecular complexity index is 338. The zero-order valence-corrected chi connectivity index (χ0v) is 6.52. The van der Waals surface area contributed by atoms with Crippen LogP contribution in [0.5, 0.6) is 0 Å². The highest BCUT2D eigenvalue weighted by Crippen LogP contribution is 2.43. The normalized spacial score (nSPS) is 17.9. The number of alkyl halides is 1. The Hall–Kier alpha value is -1.03. The molecule has 0 saturated heterocycles. The van der Waals surface area contributed by atoms with E-state index in [0.29, 0.717) is 0 Å². The van der Waals surface area contributed by atoms with Gasteiger partial charge in [-0.05, 0) is 12.1 Å². The molecule has 1 heterocycles. The van der Waals surface area contributed by atoms with E-state index in [1.807, 2.05) is 0 Å². The van der Waals surface area contributed by atoms with E-state index < -0.39 is 16.8 Å². The maximum Gasteiger partial charge on any atom is 0.289 e. The summed E-state index contributed by atoms with van der Waals surface area (Å²) in [4.78, 5) is 0. The van der Waals surface area contributed by atoms with Gasteiger partial charge in [-0.25, -0.2) is 8.78 Å². The minimum absolute atomic E-state index is 0.224. The highest BCUT2D eigenvalue weighted by Gasteiger charge is 2.40. The average molecular weight is 189 g/mol. The second-order valence-electron chi connectivity index (χ2n) is 2.45. The minimum atomic E-state index is -1.23. The molecule has 0 fully saturated rings. The molecule has 0 spiro atoms. The molecule has 0 radical (unpaired) electrons. The molecule has 2 rings (SSSR count). The van der Waals surface area contributed by atoms with E-state index in [4.69, 9.17) is 11.6 Å². The number of hydrogen-bond acceptors (Lipinski definition) is 2. The van der Waals surface area contributed by atoms with Crippen molar-refractivity contribution in [2.75, 3.05) is 0 Å². The van der Waals surface area contributed by atoms with Gasteiger partial charge in [-0.15, -0.1) is 10.2 Å². The standard InChI is InChI=1S/C7H3ClF2N2/c8-7(11-12-7)4-1-5(9)3-6(10)2-4/h1-3H. The highest BCUT2D eigenvalue weighted by atomic mass is 35.5. The van der Waals surface area contributed by atoms with Crippen LogP contribution in [0, 0.1) is 11.6 Å². The number of benzene rings is 1. The summed E-state index contributed by atoms with van der Waals surface area (Å²) in [7, 11) is 0. The van der Waals surface area contributed by atoms with Crippen molar-refractivity contribution in [2.24, 2.45) is 10.2 Å². The summed E-state index contributed by atoms with van der Waals surface area (Å²) in [6.07, 6.45) is 0. The van der Waals surface area contributed by atoms with Crippen molar-refractivity contribution in [3.8, 4) is 0 Å². The van der Waals surface area contributed by atoms with Crippen LogP contribution in [0.1, 0.15) is 5.56 Å². The third kappa shape index (κ3) is 1.18. The molecule has 1 aromatic rings. The zero-order chi connectivity index (χ0) is 8.77. The Kier molecular flexibility index (Phi) is 1.41. The van der Waals surface area contributed by atoms with Crippen LogP contribution in [0.25, 0.3) is 0 Å². The van der Waals surface area contributed by atoms with Crippen LogP contribution in [0.2, 0.25) is 0 Å². The summed E-state index contributed by atoms with van der Waals surface area (Å²) in [5.74, 6) is -1.36. The van der Waals surface area contributed by atoms with Crippen LogP contribution in [0.3, 0.4) is 0 Å². The smallest absolute Gasteiger partial charge is 0.207 e. The lowest BCUT2D eigenvalue weighted by atomic mass is 10.2. The Balaban J connectivity index is 2.45. The predicted molar refractivity (Wildman–Crippen MR) is 38.7 cm³/mol. The first-order chi connectivity index (χ1) is 5.60. The maximum absolute atomic E-state index is 12.6. The van der Waals surface area contributed by atoms with E-state index in [-0.39, 0.29) is 5.56 Å². The van der Waals surface area contributed by atoms with Gasteiger partial charge in [0.05, 0.1) is 0 Å². The van der Waals surface area contributed by atoms with E-state index in [9.17, 15) is 8.78 Å². The number of hydrogen-bond donors (Lipinski definition) is 0. The third-order valence-corrected chi connectivity index (χ3v) is 1.87. The van der Waals surface area contributed by atoms with Crippen LogP contribution >= 0.6 is 11.6 Å². The summed E-state index contributed by atoms with van der Waals surface area (Å²) in [6.45, 7) is 0. The molecule has 0 atom stereocenters. The van der Waals surface area contributed by atoms with Crippen LogP contribution in [-0.2, 0) is 5.12 Å². The molecule has 1 aliphatic heterocycles. The fourth-order valence-electron chi connectivity index (χ4n) is 0.897. The first-order valence-electron chi connectivity index (χ1n) is 3.20. The van der Waals surface area contributed by atoms with Crippen molar-refractivity contribution in [1.29, 1.82) is 0 Å². The molecular weight excluding hydrogens is 186 g/mol. The topological polar surface area (TPSA) is 24.7 Å². The van der Waals surface area contributed by atoms with Gasteiger partial charge in [-0.3, -0.25) is 0 Å². The van der Waals surface area contributed by atoms with Crippen molar-refractivity contribution in [1.82, 2.24) is 0 Å². The lowest BCUT2D eigenvalue weighted by molar-refractivity contribution is 0.577. The first-order valence-corrected chi connectivity index (χ1v) is 3.57. The van der Waals surface area contributed by atoms with Crippen molar-refractivity contribution in [2.45, 2.75) is 5.12 Å². The van der Waals surface area contributed by atoms with Gasteiger partial charge in [0.1, 0.15) is 11.6 Å². The molecule has 5 heteroatoms. The summed E-state index contributed by atoms with van der Waals surface area (Å²) >= 11 is 5.65. The van der Waals surface area contributed by atoms with Crippen LogP contribution < -0.4 is 0 Å². The Morgan fingerprint density at radius 1 is 1.08 bits per heavy atom. The van der Waals surface area contributed by atoms with Crippen LogP contribution in [0.4, 0.5) is 8.78 Å². The monoisotopic (exact) mass is 188 g/mol. The van der Waals surface area contributed by atoms with Gasteiger partial charge >= 0.3 is 0 Å². The molecule has 0 N–H and O–H groups in total. The number of rotatable bonds is 1. The molecular formula is C7H3ClF2N2. The van der Waals surface area contributed by atoms with E-state index in [1.54, 1.807) is 0 Å². The molecule has 1 aliphatic rings. The van der Waals surface area contributed by atoms with Gasteiger partial charge in [0.15, 0.2) is 0 Å². The fraction of sp³-hybridized carbons (Fsp3) is 0.143. The SMILES string of the molecule is Fc1cc(F)cc(C2(Cl)N=N2)c1. The molecule has 0 unspecified atom stereocenters. The molecule has 0 bridgehead atoms. The van der Waals surface area contributed by atoms with Crippen molar-refractivity contribution < 1.29 is 8.78 Å². The molecule has 0 aliphatic carbocycles. The summed E-state index contributed by atoms with van der Waals surface area (Å²) < 4.78 is 25.2. The molecule has 0 aromatic heterocycles. The van der Waals surface area contributed by atoms with Crippen LogP contribution in [0.15, 0.2) is 28.4 Å². The van der Waals surface area contributed by atoms with Gasteiger partial charge < -0.3 is 0 Å². The number of halogens is 3. The van der Waals surface area contributed by atoms with Gasteiger partial charge in [-0.1, -0.05) is 11.6 Å². The minimum Gasteiger partial charge on any atom is -0.207 e. The quantitative estimate of drug-likeness (QED) is 0.478. The zero-order valence-electron chi connectivity index (χ0n) is 5.76. The summed E-state index contributed by atoms with van der Waals surface area (Å²) in [5, 5.41) is 5.65. The fourth-order valence-corrected chi connectivity index (χ4v) is 1.04. The predicted octanol–water partition coefficient (Wildman–Crippen LogP) is 2.78. The lowest BCUT2D eigenvalue weighted by Crippen LogP contribution is -1.99. The lowest BCUT2D eigenvalue weighted by Gasteiger charge is -2.01. The van der Waals surface area contributed by atoms with Crippen molar-refractivity contribution in [3.63, 3.8) is 0 Å². The van der Waals surface area contributed by atoms with E-state index in [2.05, 4.69) is 10.2 Å². The number of nitrogens with zero attached hydrogens (tertiary/aromatic N) is 2. The van der Waals surface area contributed by atoms with Gasteiger partial charge in [-0.2, -0.15) is 0 Å². The molecule has 62 valence electrons. The van der Waals surface area contributed by atoms with Gasteiger partial charge in [0.2, 0.25) is 0 Å². The maximum atomic E-state index is 12.6. The van der Waals surface area contributed by atoms with E-state index in [1.165, 1.54) is 0 Å². The summed E-state index contributed by atoms with van der Waals surface area (Å²) in [6, 6.07) is 2.98. The Morgan fingerprint density at radius 3 is 2.00 bits per heavy atom. The van der Waals surface area contributed by atoms with E-state index in [0.717, 1.165) is 18.2 Å². The van der Waals surface area contributed by atoms with E-state index >= 15 is 0 Å². The van der Waals surface area contributed by atoms with Crippen molar-refractivity contribution in [3.05, 3.63) is 35.4 Å². The largest absolute Gasteiger partial charge is 0.289 e. The molecule has 12 heavy (non-hydrogen) atoms.